The average molecular weight is 318 g/mol. The van der Waals surface area contributed by atoms with Crippen LogP contribution in [0, 0.1) is 5.92 Å². The fourth-order valence-corrected chi connectivity index (χ4v) is 2.84. The van der Waals surface area contributed by atoms with Gasteiger partial charge in [0.25, 0.3) is 0 Å². The number of ether oxygens (including phenoxy) is 1. The molecule has 1 heterocycles. The molecule has 0 unspecified atom stereocenters. The summed E-state index contributed by atoms with van der Waals surface area (Å²) in [4.78, 5) is 13.0. The lowest BCUT2D eigenvalue weighted by atomic mass is 10.1. The second kappa shape index (κ2) is 7.42. The van der Waals surface area contributed by atoms with E-state index in [2.05, 4.69) is 16.8 Å². The van der Waals surface area contributed by atoms with Crippen LogP contribution < -0.4 is 15.8 Å². The minimum Gasteiger partial charge on any atom is -0.497 e. The standard InChI is InChI=1S/C17H22N2O2S/c1-11(2)16(18)17(20)19-9-15-8-13(10-22-15)12-4-6-14(21-3)7-5-12/h4-8,10-11,16H,9,18H2,1-3H3,(H,19,20)/t16-/m0/s1. The van der Waals surface area contributed by atoms with Gasteiger partial charge in [-0.15, -0.1) is 11.3 Å². The number of carbonyl (C=O) groups is 1. The smallest absolute Gasteiger partial charge is 0.237 e. The summed E-state index contributed by atoms with van der Waals surface area (Å²) in [6.45, 7) is 4.40. The Morgan fingerprint density at radius 3 is 2.55 bits per heavy atom. The van der Waals surface area contributed by atoms with E-state index in [0.29, 0.717) is 6.54 Å². The number of thiophene rings is 1. The highest BCUT2D eigenvalue weighted by molar-refractivity contribution is 7.10. The number of nitrogens with two attached hydrogens (primary N) is 1. The lowest BCUT2D eigenvalue weighted by Crippen LogP contribution is -2.43. The number of amides is 1. The van der Waals surface area contributed by atoms with Gasteiger partial charge in [0.2, 0.25) is 5.91 Å². The molecular formula is C17H22N2O2S. The number of carbonyl (C=O) groups excluding carboxylic acids is 1. The molecule has 4 nitrogen and oxygen atoms in total. The molecule has 2 rings (SSSR count). The maximum absolute atomic E-state index is 11.9. The van der Waals surface area contributed by atoms with E-state index < -0.39 is 6.04 Å². The third kappa shape index (κ3) is 4.08. The Kier molecular flexibility index (Phi) is 5.57. The molecule has 0 saturated heterocycles. The van der Waals surface area contributed by atoms with Gasteiger partial charge in [-0.05, 0) is 40.6 Å². The first kappa shape index (κ1) is 16.5. The largest absolute Gasteiger partial charge is 0.497 e. The summed E-state index contributed by atoms with van der Waals surface area (Å²) < 4.78 is 5.16. The van der Waals surface area contributed by atoms with Crippen molar-refractivity contribution in [2.24, 2.45) is 11.7 Å². The highest BCUT2D eigenvalue weighted by Gasteiger charge is 2.16. The molecule has 2 aromatic rings. The Morgan fingerprint density at radius 2 is 1.95 bits per heavy atom. The molecule has 1 aromatic heterocycles. The van der Waals surface area contributed by atoms with Crippen molar-refractivity contribution in [3.05, 3.63) is 40.6 Å². The van der Waals surface area contributed by atoms with Gasteiger partial charge < -0.3 is 15.8 Å². The van der Waals surface area contributed by atoms with Crippen molar-refractivity contribution in [1.82, 2.24) is 5.32 Å². The first-order valence-corrected chi connectivity index (χ1v) is 8.14. The molecule has 1 aromatic carbocycles. The van der Waals surface area contributed by atoms with Crippen molar-refractivity contribution in [3.8, 4) is 16.9 Å². The molecular weight excluding hydrogens is 296 g/mol. The van der Waals surface area contributed by atoms with Gasteiger partial charge in [0.15, 0.2) is 0 Å². The number of methoxy groups -OCH3 is 1. The van der Waals surface area contributed by atoms with Crippen LogP contribution in [-0.4, -0.2) is 19.1 Å². The van der Waals surface area contributed by atoms with Crippen molar-refractivity contribution in [2.75, 3.05) is 7.11 Å². The van der Waals surface area contributed by atoms with Gasteiger partial charge in [-0.2, -0.15) is 0 Å². The Hall–Kier alpha value is -1.85. The SMILES string of the molecule is COc1ccc(-c2csc(CNC(=O)[C@@H](N)C(C)C)c2)cc1. The number of rotatable bonds is 6. The van der Waals surface area contributed by atoms with Crippen LogP contribution in [0.5, 0.6) is 5.75 Å². The lowest BCUT2D eigenvalue weighted by Gasteiger charge is -2.14. The summed E-state index contributed by atoms with van der Waals surface area (Å²) in [7, 11) is 1.66. The molecule has 1 amide bonds. The van der Waals surface area contributed by atoms with E-state index in [9.17, 15) is 4.79 Å². The van der Waals surface area contributed by atoms with Gasteiger partial charge in [-0.25, -0.2) is 0 Å². The molecule has 0 saturated carbocycles. The molecule has 0 fully saturated rings. The van der Waals surface area contributed by atoms with Gasteiger partial charge in [-0.1, -0.05) is 26.0 Å². The zero-order chi connectivity index (χ0) is 16.1. The quantitative estimate of drug-likeness (QED) is 0.860. The molecule has 22 heavy (non-hydrogen) atoms. The molecule has 0 radical (unpaired) electrons. The normalized spacial score (nSPS) is 12.2. The van der Waals surface area contributed by atoms with Crippen LogP contribution in [0.15, 0.2) is 35.7 Å². The fourth-order valence-electron chi connectivity index (χ4n) is 2.00. The molecule has 0 spiro atoms. The second-order valence-corrected chi connectivity index (χ2v) is 6.51. The van der Waals surface area contributed by atoms with Crippen molar-refractivity contribution in [3.63, 3.8) is 0 Å². The second-order valence-electron chi connectivity index (χ2n) is 5.52. The molecule has 0 aliphatic rings. The molecule has 0 aliphatic carbocycles. The zero-order valence-electron chi connectivity index (χ0n) is 13.1. The molecule has 5 heteroatoms. The number of hydrogen-bond donors (Lipinski definition) is 2. The number of nitrogens with one attached hydrogen (secondary N) is 1. The van der Waals surface area contributed by atoms with Gasteiger partial charge in [0.05, 0.1) is 19.7 Å². The maximum atomic E-state index is 11.9. The summed E-state index contributed by atoms with van der Waals surface area (Å²) in [6, 6.07) is 9.57. The van der Waals surface area contributed by atoms with Crippen molar-refractivity contribution >= 4 is 17.2 Å². The van der Waals surface area contributed by atoms with E-state index in [-0.39, 0.29) is 11.8 Å². The van der Waals surface area contributed by atoms with E-state index >= 15 is 0 Å². The summed E-state index contributed by atoms with van der Waals surface area (Å²) in [5.74, 6) is 0.877. The summed E-state index contributed by atoms with van der Waals surface area (Å²) in [6.07, 6.45) is 0. The first-order chi connectivity index (χ1) is 10.5. The summed E-state index contributed by atoms with van der Waals surface area (Å²) >= 11 is 1.63. The zero-order valence-corrected chi connectivity index (χ0v) is 13.9. The van der Waals surface area contributed by atoms with Crippen molar-refractivity contribution in [2.45, 2.75) is 26.4 Å². The fraction of sp³-hybridized carbons (Fsp3) is 0.353. The van der Waals surface area contributed by atoms with Gasteiger partial charge in [-0.3, -0.25) is 4.79 Å². The average Bonchev–Trinajstić information content (AvgIpc) is 3.00. The van der Waals surface area contributed by atoms with Crippen LogP contribution in [0.4, 0.5) is 0 Å². The maximum Gasteiger partial charge on any atom is 0.237 e. The van der Waals surface area contributed by atoms with E-state index in [1.807, 2.05) is 38.1 Å². The van der Waals surface area contributed by atoms with Crippen LogP contribution in [0.25, 0.3) is 11.1 Å². The minimum absolute atomic E-state index is 0.102. The van der Waals surface area contributed by atoms with Crippen LogP contribution in [0.2, 0.25) is 0 Å². The van der Waals surface area contributed by atoms with Crippen LogP contribution in [0.1, 0.15) is 18.7 Å². The van der Waals surface area contributed by atoms with Gasteiger partial charge >= 0.3 is 0 Å². The van der Waals surface area contributed by atoms with Crippen molar-refractivity contribution < 1.29 is 9.53 Å². The predicted molar refractivity (Wildman–Crippen MR) is 91.0 cm³/mol. The van der Waals surface area contributed by atoms with Gasteiger partial charge in [0.1, 0.15) is 5.75 Å². The van der Waals surface area contributed by atoms with E-state index in [1.54, 1.807) is 18.4 Å². The molecule has 3 N–H and O–H groups in total. The number of hydrogen-bond acceptors (Lipinski definition) is 4. The van der Waals surface area contributed by atoms with Gasteiger partial charge in [0, 0.05) is 4.88 Å². The highest BCUT2D eigenvalue weighted by Crippen LogP contribution is 2.27. The van der Waals surface area contributed by atoms with E-state index in [1.165, 1.54) is 0 Å². The van der Waals surface area contributed by atoms with Crippen LogP contribution >= 0.6 is 11.3 Å². The van der Waals surface area contributed by atoms with E-state index in [0.717, 1.165) is 21.8 Å². The Balaban J connectivity index is 1.97. The molecule has 0 bridgehead atoms. The van der Waals surface area contributed by atoms with Crippen LogP contribution in [0.3, 0.4) is 0 Å². The Bertz CT molecular complexity index is 620. The molecule has 1 atom stereocenters. The minimum atomic E-state index is -0.457. The first-order valence-electron chi connectivity index (χ1n) is 7.26. The van der Waals surface area contributed by atoms with E-state index in [4.69, 9.17) is 10.5 Å². The Morgan fingerprint density at radius 1 is 1.27 bits per heavy atom. The molecule has 0 aliphatic heterocycles. The third-order valence-electron chi connectivity index (χ3n) is 3.53. The highest BCUT2D eigenvalue weighted by atomic mass is 32.1. The molecule has 118 valence electrons. The summed E-state index contributed by atoms with van der Waals surface area (Å²) in [5, 5.41) is 4.98. The van der Waals surface area contributed by atoms with Crippen molar-refractivity contribution in [1.29, 1.82) is 0 Å². The van der Waals surface area contributed by atoms with Crippen LogP contribution in [-0.2, 0) is 11.3 Å². The Labute approximate surface area is 135 Å². The third-order valence-corrected chi connectivity index (χ3v) is 4.47. The number of benzene rings is 1. The predicted octanol–water partition coefficient (Wildman–Crippen LogP) is 3.02. The topological polar surface area (TPSA) is 64.3 Å². The lowest BCUT2D eigenvalue weighted by molar-refractivity contribution is -0.123. The summed E-state index contributed by atoms with van der Waals surface area (Å²) in [5.41, 5.74) is 8.10. The monoisotopic (exact) mass is 318 g/mol.